The molecule has 4 aromatic rings. The summed E-state index contributed by atoms with van der Waals surface area (Å²) in [6.07, 6.45) is 4.36. The predicted molar refractivity (Wildman–Crippen MR) is 169 cm³/mol. The summed E-state index contributed by atoms with van der Waals surface area (Å²) in [4.78, 5) is 23.4. The molecular weight excluding hydrogens is 612 g/mol. The summed E-state index contributed by atoms with van der Waals surface area (Å²) >= 11 is 19.6. The standard InChI is InChI=1S/C31H29Cl3FN7O/c1-4-25(43)41-11-9-18(12-17(41)8-10-36)42-30-21-13-24(33)26(20-6-5-7-23(32)27(20)34)28(35)29(21)38-31(22(30)14-37-42)40-15-19(16-40)39(2)3/h4-7,13-14,17-19H,1,8-9,11-12,15-16H2,2-3H3/t17-,18+/m1/s1. The van der Waals surface area contributed by atoms with Gasteiger partial charge in [0.05, 0.1) is 50.7 Å². The normalized spacial score (nSPS) is 19.2. The van der Waals surface area contributed by atoms with Gasteiger partial charge >= 0.3 is 0 Å². The molecule has 0 bridgehead atoms. The Morgan fingerprint density at radius 1 is 1.23 bits per heavy atom. The monoisotopic (exact) mass is 639 g/mol. The van der Waals surface area contributed by atoms with Crippen LogP contribution >= 0.6 is 34.8 Å². The number of rotatable bonds is 6. The van der Waals surface area contributed by atoms with E-state index in [1.165, 1.54) is 6.08 Å². The first kappa shape index (κ1) is 29.6. The molecular formula is C31H29Cl3FN7O. The minimum absolute atomic E-state index is 0.130. The number of hydrogen-bond donors (Lipinski definition) is 0. The van der Waals surface area contributed by atoms with Crippen LogP contribution < -0.4 is 4.90 Å². The molecule has 2 atom stereocenters. The van der Waals surface area contributed by atoms with Crippen molar-refractivity contribution in [2.24, 2.45) is 0 Å². The first-order chi connectivity index (χ1) is 20.6. The summed E-state index contributed by atoms with van der Waals surface area (Å²) in [5.41, 5.74) is 1.37. The number of halogens is 4. The van der Waals surface area contributed by atoms with Gasteiger partial charge < -0.3 is 14.7 Å². The van der Waals surface area contributed by atoms with Crippen LogP contribution in [0.4, 0.5) is 10.2 Å². The zero-order valence-corrected chi connectivity index (χ0v) is 26.0. The first-order valence-corrected chi connectivity index (χ1v) is 15.1. The quantitative estimate of drug-likeness (QED) is 0.217. The van der Waals surface area contributed by atoms with Crippen LogP contribution in [0.2, 0.25) is 15.1 Å². The molecule has 2 aromatic heterocycles. The molecule has 2 aliphatic heterocycles. The second-order valence-electron chi connectivity index (χ2n) is 11.3. The average Bonchev–Trinajstić information content (AvgIpc) is 3.40. The highest BCUT2D eigenvalue weighted by Crippen LogP contribution is 2.44. The molecule has 2 saturated heterocycles. The number of hydrogen-bond acceptors (Lipinski definition) is 6. The van der Waals surface area contributed by atoms with Gasteiger partial charge in [-0.2, -0.15) is 10.4 Å². The van der Waals surface area contributed by atoms with Gasteiger partial charge in [-0.3, -0.25) is 9.48 Å². The number of carbonyl (C=O) groups excluding carboxylic acids is 1. The summed E-state index contributed by atoms with van der Waals surface area (Å²) < 4.78 is 18.5. The highest BCUT2D eigenvalue weighted by Gasteiger charge is 2.35. The van der Waals surface area contributed by atoms with E-state index in [2.05, 4.69) is 22.4 Å². The summed E-state index contributed by atoms with van der Waals surface area (Å²) in [6.45, 7) is 5.54. The molecule has 2 fully saturated rings. The summed E-state index contributed by atoms with van der Waals surface area (Å²) in [7, 11) is 4.07. The van der Waals surface area contributed by atoms with Crippen LogP contribution in [0.5, 0.6) is 0 Å². The molecule has 1 amide bonds. The van der Waals surface area contributed by atoms with E-state index < -0.39 is 5.82 Å². The number of likely N-dealkylation sites (tertiary alicyclic amines) is 1. The summed E-state index contributed by atoms with van der Waals surface area (Å²) in [5.74, 6) is -0.152. The molecule has 2 aliphatic rings. The third kappa shape index (κ3) is 5.00. The molecule has 8 nitrogen and oxygen atoms in total. The summed E-state index contributed by atoms with van der Waals surface area (Å²) in [5, 5.41) is 16.3. The predicted octanol–water partition coefficient (Wildman–Crippen LogP) is 6.73. The number of nitriles is 1. The molecule has 0 saturated carbocycles. The lowest BCUT2D eigenvalue weighted by Crippen LogP contribution is -2.57. The van der Waals surface area contributed by atoms with Crippen molar-refractivity contribution in [2.75, 3.05) is 38.6 Å². The second-order valence-corrected chi connectivity index (χ2v) is 12.5. The Bertz CT molecular complexity index is 1810. The Morgan fingerprint density at radius 2 is 2.00 bits per heavy atom. The van der Waals surface area contributed by atoms with Crippen molar-refractivity contribution >= 4 is 68.3 Å². The third-order valence-electron chi connectivity index (χ3n) is 8.63. The van der Waals surface area contributed by atoms with Crippen LogP contribution in [-0.2, 0) is 4.79 Å². The largest absolute Gasteiger partial charge is 0.353 e. The molecule has 0 N–H and O–H groups in total. The number of benzene rings is 2. The molecule has 0 aliphatic carbocycles. The van der Waals surface area contributed by atoms with Crippen molar-refractivity contribution in [3.63, 3.8) is 0 Å². The maximum Gasteiger partial charge on any atom is 0.246 e. The van der Waals surface area contributed by atoms with Gasteiger partial charge in [-0.15, -0.1) is 0 Å². The van der Waals surface area contributed by atoms with E-state index in [1.807, 2.05) is 18.8 Å². The zero-order valence-electron chi connectivity index (χ0n) is 23.7. The number of piperidine rings is 1. The Balaban J connectivity index is 1.55. The SMILES string of the molecule is C=CC(=O)N1CC[C@H](n2ncc3c(N4CC(N(C)C)C4)nc4c(F)c(-c5cccc(Cl)c5Cl)c(Cl)cc4c32)C[C@H]1CC#N. The van der Waals surface area contributed by atoms with Gasteiger partial charge in [0.15, 0.2) is 5.82 Å². The van der Waals surface area contributed by atoms with Crippen LogP contribution in [0.15, 0.2) is 43.1 Å². The Morgan fingerprint density at radius 3 is 2.70 bits per heavy atom. The van der Waals surface area contributed by atoms with E-state index in [-0.39, 0.29) is 45.5 Å². The molecule has 222 valence electrons. The molecule has 0 radical (unpaired) electrons. The van der Waals surface area contributed by atoms with Crippen molar-refractivity contribution in [1.82, 2.24) is 24.6 Å². The minimum Gasteiger partial charge on any atom is -0.353 e. The highest BCUT2D eigenvalue weighted by molar-refractivity contribution is 6.44. The van der Waals surface area contributed by atoms with Crippen molar-refractivity contribution < 1.29 is 9.18 Å². The molecule has 6 rings (SSSR count). The molecule has 2 aromatic carbocycles. The van der Waals surface area contributed by atoms with Gasteiger partial charge in [0.1, 0.15) is 11.3 Å². The number of likely N-dealkylation sites (N-methyl/N-ethyl adjacent to an activating group) is 1. The van der Waals surface area contributed by atoms with E-state index >= 15 is 4.39 Å². The number of anilines is 1. The fourth-order valence-corrected chi connectivity index (χ4v) is 6.92. The zero-order chi connectivity index (χ0) is 30.6. The third-order valence-corrected chi connectivity index (χ3v) is 9.75. The number of nitrogens with zero attached hydrogens (tertiary/aromatic N) is 7. The lowest BCUT2D eigenvalue weighted by Gasteiger charge is -2.43. The van der Waals surface area contributed by atoms with Crippen LogP contribution in [0, 0.1) is 17.1 Å². The summed E-state index contributed by atoms with van der Waals surface area (Å²) in [6, 6.07) is 8.84. The van der Waals surface area contributed by atoms with E-state index in [4.69, 9.17) is 44.9 Å². The van der Waals surface area contributed by atoms with Gasteiger partial charge in [0.2, 0.25) is 5.91 Å². The maximum absolute atomic E-state index is 16.7. The average molecular weight is 641 g/mol. The lowest BCUT2D eigenvalue weighted by atomic mass is 9.94. The van der Waals surface area contributed by atoms with Crippen LogP contribution in [-0.4, -0.2) is 76.3 Å². The molecule has 43 heavy (non-hydrogen) atoms. The van der Waals surface area contributed by atoms with E-state index in [9.17, 15) is 10.1 Å². The van der Waals surface area contributed by atoms with E-state index in [0.29, 0.717) is 52.7 Å². The molecule has 4 heterocycles. The number of fused-ring (bicyclic) bond motifs is 3. The fraction of sp³-hybridized carbons (Fsp3) is 0.355. The Hall–Kier alpha value is -3.42. The fourth-order valence-electron chi connectivity index (χ4n) is 6.23. The van der Waals surface area contributed by atoms with Gasteiger partial charge in [0, 0.05) is 48.2 Å². The number of aromatic nitrogens is 3. The topological polar surface area (TPSA) is 81.3 Å². The van der Waals surface area contributed by atoms with Crippen molar-refractivity contribution in [3.05, 3.63) is 64.0 Å². The minimum atomic E-state index is -0.596. The van der Waals surface area contributed by atoms with Crippen LogP contribution in [0.25, 0.3) is 32.9 Å². The smallest absolute Gasteiger partial charge is 0.246 e. The van der Waals surface area contributed by atoms with Gasteiger partial charge in [-0.1, -0.05) is 53.5 Å². The first-order valence-electron chi connectivity index (χ1n) is 14.0. The van der Waals surface area contributed by atoms with E-state index in [1.54, 1.807) is 35.4 Å². The van der Waals surface area contributed by atoms with Crippen molar-refractivity contribution in [2.45, 2.75) is 37.4 Å². The molecule has 0 unspecified atom stereocenters. The molecule has 0 spiro atoms. The van der Waals surface area contributed by atoms with Crippen molar-refractivity contribution in [1.29, 1.82) is 5.26 Å². The molecule has 12 heteroatoms. The van der Waals surface area contributed by atoms with Gasteiger partial charge in [-0.25, -0.2) is 9.37 Å². The number of pyridine rings is 1. The van der Waals surface area contributed by atoms with Gasteiger partial charge in [-0.05, 0) is 45.1 Å². The maximum atomic E-state index is 16.7. The Kier molecular flexibility index (Phi) is 7.99. The van der Waals surface area contributed by atoms with Gasteiger partial charge in [0.25, 0.3) is 0 Å². The van der Waals surface area contributed by atoms with Crippen LogP contribution in [0.1, 0.15) is 25.3 Å². The van der Waals surface area contributed by atoms with Crippen molar-refractivity contribution in [3.8, 4) is 17.2 Å². The highest BCUT2D eigenvalue weighted by atomic mass is 35.5. The van der Waals surface area contributed by atoms with E-state index in [0.717, 1.165) is 18.5 Å². The number of amides is 1. The Labute approximate surface area is 263 Å². The van der Waals surface area contributed by atoms with Crippen LogP contribution in [0.3, 0.4) is 0 Å². The second kappa shape index (κ2) is 11.6. The number of carbonyl (C=O) groups is 1. The lowest BCUT2D eigenvalue weighted by molar-refractivity contribution is -0.130.